The van der Waals surface area contributed by atoms with Crippen LogP contribution in [0.5, 0.6) is 5.75 Å². The smallest absolute Gasteiger partial charge is 0.191 e. The first kappa shape index (κ1) is 24.9. The van der Waals surface area contributed by atoms with Crippen LogP contribution in [-0.4, -0.2) is 63.4 Å². The Labute approximate surface area is 185 Å². The third kappa shape index (κ3) is 7.71. The van der Waals surface area contributed by atoms with E-state index in [1.807, 2.05) is 13.0 Å². The van der Waals surface area contributed by atoms with Crippen molar-refractivity contribution in [2.24, 2.45) is 10.9 Å². The van der Waals surface area contributed by atoms with E-state index in [4.69, 9.17) is 9.47 Å². The average Bonchev–Trinajstić information content (AvgIpc) is 2.67. The van der Waals surface area contributed by atoms with E-state index >= 15 is 0 Å². The fraction of sp³-hybridized carbons (Fsp3) is 0.650. The van der Waals surface area contributed by atoms with E-state index in [1.165, 1.54) is 13.2 Å². The zero-order valence-corrected chi connectivity index (χ0v) is 19.7. The van der Waals surface area contributed by atoms with E-state index in [-0.39, 0.29) is 35.5 Å². The lowest BCUT2D eigenvalue weighted by Gasteiger charge is -2.37. The maximum atomic E-state index is 13.9. The maximum absolute atomic E-state index is 13.9. The van der Waals surface area contributed by atoms with Crippen LogP contribution in [0.1, 0.15) is 26.3 Å². The van der Waals surface area contributed by atoms with Gasteiger partial charge in [0.25, 0.3) is 0 Å². The Morgan fingerprint density at radius 1 is 1.29 bits per heavy atom. The Balaban J connectivity index is 0.00000392. The molecule has 1 aromatic rings. The van der Waals surface area contributed by atoms with Crippen molar-refractivity contribution in [3.8, 4) is 5.75 Å². The Morgan fingerprint density at radius 2 is 2.00 bits per heavy atom. The van der Waals surface area contributed by atoms with Crippen molar-refractivity contribution >= 4 is 29.9 Å². The van der Waals surface area contributed by atoms with Gasteiger partial charge in [0.2, 0.25) is 0 Å². The second-order valence-corrected chi connectivity index (χ2v) is 7.00. The van der Waals surface area contributed by atoms with Gasteiger partial charge in [-0.25, -0.2) is 9.38 Å². The summed E-state index contributed by atoms with van der Waals surface area (Å²) in [6.07, 6.45) is 0. The molecule has 0 radical (unpaired) electrons. The first-order chi connectivity index (χ1) is 13.0. The number of ether oxygens (including phenoxy) is 2. The molecule has 0 aromatic heterocycles. The molecule has 6 nitrogen and oxygen atoms in total. The molecule has 0 spiro atoms. The van der Waals surface area contributed by atoms with Gasteiger partial charge < -0.3 is 20.1 Å². The Hall–Kier alpha value is -1.13. The van der Waals surface area contributed by atoms with Crippen LogP contribution in [-0.2, 0) is 11.3 Å². The summed E-state index contributed by atoms with van der Waals surface area (Å²) in [5, 5.41) is 6.71. The summed E-state index contributed by atoms with van der Waals surface area (Å²) in [5.41, 5.74) is 0.805. The first-order valence-corrected chi connectivity index (χ1v) is 9.71. The number of rotatable bonds is 8. The van der Waals surface area contributed by atoms with Crippen molar-refractivity contribution in [3.63, 3.8) is 0 Å². The fourth-order valence-corrected chi connectivity index (χ4v) is 3.22. The monoisotopic (exact) mass is 508 g/mol. The molecule has 2 N–H and O–H groups in total. The first-order valence-electron chi connectivity index (χ1n) is 9.71. The van der Waals surface area contributed by atoms with Crippen molar-refractivity contribution in [1.82, 2.24) is 15.5 Å². The van der Waals surface area contributed by atoms with Gasteiger partial charge in [-0.15, -0.1) is 24.0 Å². The van der Waals surface area contributed by atoms with Crippen molar-refractivity contribution in [3.05, 3.63) is 29.6 Å². The fourth-order valence-electron chi connectivity index (χ4n) is 3.22. The highest BCUT2D eigenvalue weighted by Crippen LogP contribution is 2.18. The van der Waals surface area contributed by atoms with Crippen LogP contribution in [0.3, 0.4) is 0 Å². The summed E-state index contributed by atoms with van der Waals surface area (Å²) in [6, 6.07) is 5.35. The van der Waals surface area contributed by atoms with Crippen molar-refractivity contribution in [1.29, 1.82) is 0 Å². The number of methoxy groups -OCH3 is 1. The van der Waals surface area contributed by atoms with Crippen LogP contribution in [0.2, 0.25) is 0 Å². The highest BCUT2D eigenvalue weighted by molar-refractivity contribution is 14.0. The molecule has 1 aliphatic heterocycles. The number of halogens is 2. The van der Waals surface area contributed by atoms with Gasteiger partial charge in [-0.2, -0.15) is 0 Å². The molecule has 0 saturated carbocycles. The zero-order chi connectivity index (χ0) is 19.6. The zero-order valence-electron chi connectivity index (χ0n) is 17.3. The molecule has 1 heterocycles. The van der Waals surface area contributed by atoms with Crippen molar-refractivity contribution < 1.29 is 13.9 Å². The summed E-state index contributed by atoms with van der Waals surface area (Å²) in [6.45, 7) is 12.0. The standard InChI is InChI=1S/C20H33FN4O2.HI/c1-5-22-20(23-13-16-6-7-19(26-4)17(21)12-16)24-14-18(15(2)3)25-8-10-27-11-9-25;/h6-7,12,15,18H,5,8-11,13-14H2,1-4H3,(H2,22,23,24);1H. The SMILES string of the molecule is CCNC(=NCc1ccc(OC)c(F)c1)NCC(C(C)C)N1CCOCC1.I. The van der Waals surface area contributed by atoms with Gasteiger partial charge in [-0.3, -0.25) is 4.90 Å². The third-order valence-corrected chi connectivity index (χ3v) is 4.74. The largest absolute Gasteiger partial charge is 0.494 e. The number of guanidine groups is 1. The van der Waals surface area contributed by atoms with Gasteiger partial charge in [-0.1, -0.05) is 19.9 Å². The predicted molar refractivity (Wildman–Crippen MR) is 122 cm³/mol. The van der Waals surface area contributed by atoms with Gasteiger partial charge in [-0.05, 0) is 30.5 Å². The minimum absolute atomic E-state index is 0. The molecular formula is C20H34FIN4O2. The highest BCUT2D eigenvalue weighted by atomic mass is 127. The molecule has 1 unspecified atom stereocenters. The minimum atomic E-state index is -0.365. The van der Waals surface area contributed by atoms with Gasteiger partial charge in [0.15, 0.2) is 17.5 Å². The Morgan fingerprint density at radius 3 is 2.57 bits per heavy atom. The Kier molecular flexibility index (Phi) is 11.7. The number of hydrogen-bond donors (Lipinski definition) is 2. The molecule has 1 atom stereocenters. The quantitative estimate of drug-likeness (QED) is 0.322. The van der Waals surface area contributed by atoms with Gasteiger partial charge in [0, 0.05) is 32.2 Å². The second kappa shape index (κ2) is 13.2. The van der Waals surface area contributed by atoms with E-state index in [0.717, 1.165) is 50.9 Å². The maximum Gasteiger partial charge on any atom is 0.191 e. The van der Waals surface area contributed by atoms with E-state index in [2.05, 4.69) is 34.4 Å². The van der Waals surface area contributed by atoms with Gasteiger partial charge in [0.1, 0.15) is 0 Å². The summed E-state index contributed by atoms with van der Waals surface area (Å²) in [7, 11) is 1.46. The summed E-state index contributed by atoms with van der Waals surface area (Å²) >= 11 is 0. The molecule has 0 aliphatic carbocycles. The summed E-state index contributed by atoms with van der Waals surface area (Å²) < 4.78 is 24.3. The normalized spacial score (nSPS) is 16.4. The number of nitrogens with one attached hydrogen (secondary N) is 2. The molecule has 1 fully saturated rings. The van der Waals surface area contributed by atoms with Crippen LogP contribution in [0, 0.1) is 11.7 Å². The van der Waals surface area contributed by atoms with Crippen LogP contribution < -0.4 is 15.4 Å². The van der Waals surface area contributed by atoms with Crippen LogP contribution >= 0.6 is 24.0 Å². The lowest BCUT2D eigenvalue weighted by molar-refractivity contribution is 0.00752. The van der Waals surface area contributed by atoms with Crippen molar-refractivity contribution in [2.45, 2.75) is 33.4 Å². The molecule has 0 bridgehead atoms. The molecule has 1 aliphatic rings. The van der Waals surface area contributed by atoms with Crippen LogP contribution in [0.4, 0.5) is 4.39 Å². The lowest BCUT2D eigenvalue weighted by atomic mass is 10.0. The molecule has 0 amide bonds. The molecule has 1 aromatic carbocycles. The second-order valence-electron chi connectivity index (χ2n) is 7.00. The average molecular weight is 508 g/mol. The summed E-state index contributed by atoms with van der Waals surface area (Å²) in [4.78, 5) is 7.08. The van der Waals surface area contributed by atoms with E-state index in [1.54, 1.807) is 6.07 Å². The molecule has 160 valence electrons. The topological polar surface area (TPSA) is 58.1 Å². The lowest BCUT2D eigenvalue weighted by Crippen LogP contribution is -2.52. The van der Waals surface area contributed by atoms with E-state index < -0.39 is 0 Å². The molecule has 8 heteroatoms. The van der Waals surface area contributed by atoms with Gasteiger partial charge >= 0.3 is 0 Å². The highest BCUT2D eigenvalue weighted by Gasteiger charge is 2.23. The minimum Gasteiger partial charge on any atom is -0.494 e. The molecule has 2 rings (SSSR count). The predicted octanol–water partition coefficient (Wildman–Crippen LogP) is 2.86. The van der Waals surface area contributed by atoms with Gasteiger partial charge in [0.05, 0.1) is 26.9 Å². The number of nitrogens with zero attached hydrogens (tertiary/aromatic N) is 2. The number of hydrogen-bond acceptors (Lipinski definition) is 4. The molecular weight excluding hydrogens is 474 g/mol. The van der Waals surface area contributed by atoms with Crippen LogP contribution in [0.15, 0.2) is 23.2 Å². The number of benzene rings is 1. The molecule has 1 saturated heterocycles. The third-order valence-electron chi connectivity index (χ3n) is 4.74. The number of morpholine rings is 1. The van der Waals surface area contributed by atoms with E-state index in [0.29, 0.717) is 18.5 Å². The van der Waals surface area contributed by atoms with E-state index in [9.17, 15) is 4.39 Å². The number of aliphatic imine (C=N–C) groups is 1. The molecule has 28 heavy (non-hydrogen) atoms. The Bertz CT molecular complexity index is 610. The summed E-state index contributed by atoms with van der Waals surface area (Å²) in [5.74, 6) is 1.15. The van der Waals surface area contributed by atoms with Crippen LogP contribution in [0.25, 0.3) is 0 Å². The van der Waals surface area contributed by atoms with Crippen molar-refractivity contribution in [2.75, 3.05) is 46.5 Å².